The summed E-state index contributed by atoms with van der Waals surface area (Å²) in [5.41, 5.74) is -2.48. The third-order valence-corrected chi connectivity index (χ3v) is 8.54. The Labute approximate surface area is 189 Å². The van der Waals surface area contributed by atoms with E-state index in [9.17, 15) is 43.1 Å². The summed E-state index contributed by atoms with van der Waals surface area (Å²) in [6, 6.07) is 0. The van der Waals surface area contributed by atoms with Gasteiger partial charge in [0.05, 0.1) is 19.6 Å². The van der Waals surface area contributed by atoms with Crippen molar-refractivity contribution in [3.8, 4) is 0 Å². The molecule has 192 valence electrons. The van der Waals surface area contributed by atoms with Crippen molar-refractivity contribution in [3.05, 3.63) is 0 Å². The SMILES string of the molecule is O=C(O)CN1CCN(CC(=O)O)CCN(C(P(=O)(O)O)P(=O)(O)O)CCN(CC(=O)O)CC1. The number of carboxylic acid groups (broad SMARTS) is 3. The quantitative estimate of drug-likeness (QED) is 0.151. The van der Waals surface area contributed by atoms with Crippen LogP contribution in [0.3, 0.4) is 0 Å². The molecule has 1 aliphatic rings. The van der Waals surface area contributed by atoms with Gasteiger partial charge in [-0.3, -0.25) is 43.1 Å². The maximum atomic E-state index is 11.9. The van der Waals surface area contributed by atoms with Gasteiger partial charge >= 0.3 is 33.1 Å². The van der Waals surface area contributed by atoms with Gasteiger partial charge in [0.1, 0.15) is 0 Å². The summed E-state index contributed by atoms with van der Waals surface area (Å²) in [6.45, 7) is -2.04. The predicted octanol–water partition coefficient (Wildman–Crippen LogP) is -2.90. The van der Waals surface area contributed by atoms with Crippen LogP contribution in [0.15, 0.2) is 0 Å². The van der Waals surface area contributed by atoms with Crippen LogP contribution in [0.4, 0.5) is 0 Å². The predicted molar refractivity (Wildman–Crippen MR) is 112 cm³/mol. The topological polar surface area (TPSA) is 240 Å². The lowest BCUT2D eigenvalue weighted by Gasteiger charge is -2.36. The van der Waals surface area contributed by atoms with Crippen LogP contribution in [0.2, 0.25) is 0 Å². The van der Waals surface area contributed by atoms with Crippen LogP contribution in [0.1, 0.15) is 0 Å². The van der Waals surface area contributed by atoms with Gasteiger partial charge < -0.3 is 34.9 Å². The second-order valence-electron chi connectivity index (χ2n) is 7.57. The second kappa shape index (κ2) is 12.9. The average molecular weight is 520 g/mol. The molecule has 0 aromatic heterocycles. The van der Waals surface area contributed by atoms with Crippen molar-refractivity contribution in [1.82, 2.24) is 19.6 Å². The molecule has 1 aliphatic heterocycles. The van der Waals surface area contributed by atoms with Gasteiger partial charge in [-0.05, 0) is 0 Å². The summed E-state index contributed by atoms with van der Waals surface area (Å²) in [4.78, 5) is 77.0. The molecule has 0 aliphatic carbocycles. The third kappa shape index (κ3) is 11.5. The van der Waals surface area contributed by atoms with Gasteiger partial charge in [-0.2, -0.15) is 0 Å². The van der Waals surface area contributed by atoms with E-state index < -0.39 is 51.7 Å². The molecule has 1 heterocycles. The number of hydrogen-bond donors (Lipinski definition) is 7. The van der Waals surface area contributed by atoms with Crippen molar-refractivity contribution in [2.24, 2.45) is 0 Å². The van der Waals surface area contributed by atoms with Gasteiger partial charge in [0, 0.05) is 52.4 Å². The van der Waals surface area contributed by atoms with Crippen LogP contribution in [0.25, 0.3) is 0 Å². The highest BCUT2D eigenvalue weighted by Gasteiger charge is 2.47. The molecule has 0 spiro atoms. The fourth-order valence-corrected chi connectivity index (χ4v) is 6.33. The first kappa shape index (κ1) is 29.6. The van der Waals surface area contributed by atoms with Crippen LogP contribution >= 0.6 is 15.2 Å². The minimum Gasteiger partial charge on any atom is -0.480 e. The number of carboxylic acids is 3. The molecule has 0 radical (unpaired) electrons. The molecule has 0 saturated carbocycles. The fraction of sp³-hybridized carbons (Fsp3) is 0.800. The Morgan fingerprint density at radius 2 is 0.818 bits per heavy atom. The molecule has 0 atom stereocenters. The van der Waals surface area contributed by atoms with Gasteiger partial charge in [-0.25, -0.2) is 0 Å². The minimum absolute atomic E-state index is 0.0445. The molecule has 1 fully saturated rings. The molecular formula is C15H30N4O12P2. The maximum Gasteiger partial charge on any atom is 0.354 e. The van der Waals surface area contributed by atoms with Crippen molar-refractivity contribution in [2.75, 3.05) is 72.0 Å². The van der Waals surface area contributed by atoms with E-state index in [0.29, 0.717) is 0 Å². The highest BCUT2D eigenvalue weighted by Crippen LogP contribution is 2.61. The molecule has 33 heavy (non-hydrogen) atoms. The lowest BCUT2D eigenvalue weighted by atomic mass is 10.3. The van der Waals surface area contributed by atoms with E-state index in [-0.39, 0.29) is 58.9 Å². The van der Waals surface area contributed by atoms with E-state index >= 15 is 0 Å². The van der Waals surface area contributed by atoms with E-state index in [1.54, 1.807) is 0 Å². The molecule has 7 N–H and O–H groups in total. The van der Waals surface area contributed by atoms with Crippen molar-refractivity contribution in [3.63, 3.8) is 0 Å². The van der Waals surface area contributed by atoms with Gasteiger partial charge in [0.15, 0.2) is 0 Å². The van der Waals surface area contributed by atoms with Crippen LogP contribution in [-0.2, 0) is 23.5 Å². The summed E-state index contributed by atoms with van der Waals surface area (Å²) >= 11 is 0. The zero-order valence-electron chi connectivity index (χ0n) is 17.7. The van der Waals surface area contributed by atoms with Crippen LogP contribution in [-0.4, -0.2) is 150 Å². The molecule has 1 saturated heterocycles. The largest absolute Gasteiger partial charge is 0.480 e. The summed E-state index contributed by atoms with van der Waals surface area (Å²) in [7, 11) is -10.7. The molecule has 0 amide bonds. The Bertz CT molecular complexity index is 733. The molecular weight excluding hydrogens is 490 g/mol. The first-order valence-corrected chi connectivity index (χ1v) is 13.1. The zero-order chi connectivity index (χ0) is 25.4. The Kier molecular flexibility index (Phi) is 11.5. The third-order valence-electron chi connectivity index (χ3n) is 4.88. The van der Waals surface area contributed by atoms with Crippen LogP contribution in [0, 0.1) is 0 Å². The Morgan fingerprint density at radius 1 is 0.576 bits per heavy atom. The Balaban J connectivity index is 3.25. The second-order valence-corrected chi connectivity index (χ2v) is 11.3. The van der Waals surface area contributed by atoms with Crippen LogP contribution < -0.4 is 0 Å². The summed E-state index contributed by atoms with van der Waals surface area (Å²) < 4.78 is 23.8. The van der Waals surface area contributed by atoms with Crippen molar-refractivity contribution in [2.45, 2.75) is 5.52 Å². The molecule has 0 aromatic carbocycles. The fourth-order valence-electron chi connectivity index (χ4n) is 3.45. The molecule has 18 heteroatoms. The number of rotatable bonds is 9. The number of carbonyl (C=O) groups is 3. The normalized spacial score (nSPS) is 19.7. The van der Waals surface area contributed by atoms with E-state index in [1.165, 1.54) is 14.7 Å². The van der Waals surface area contributed by atoms with E-state index in [1.807, 2.05) is 0 Å². The number of aliphatic carboxylic acids is 3. The summed E-state index contributed by atoms with van der Waals surface area (Å²) in [5, 5.41) is 27.4. The first-order chi connectivity index (χ1) is 15.1. The number of nitrogens with zero attached hydrogens (tertiary/aromatic N) is 4. The van der Waals surface area contributed by atoms with Gasteiger partial charge in [-0.15, -0.1) is 0 Å². The van der Waals surface area contributed by atoms with Crippen molar-refractivity contribution >= 4 is 33.1 Å². The van der Waals surface area contributed by atoms with Gasteiger partial charge in [0.2, 0.25) is 5.52 Å². The Morgan fingerprint density at radius 3 is 1.03 bits per heavy atom. The smallest absolute Gasteiger partial charge is 0.354 e. The zero-order valence-corrected chi connectivity index (χ0v) is 19.5. The molecule has 0 unspecified atom stereocenters. The van der Waals surface area contributed by atoms with E-state index in [0.717, 1.165) is 4.90 Å². The Hall–Kier alpha value is -1.45. The molecule has 1 rings (SSSR count). The molecule has 0 bridgehead atoms. The highest BCUT2D eigenvalue weighted by molar-refractivity contribution is 7.70. The first-order valence-electron chi connectivity index (χ1n) is 9.76. The molecule has 16 nitrogen and oxygen atoms in total. The van der Waals surface area contributed by atoms with Crippen molar-refractivity contribution < 1.29 is 58.4 Å². The molecule has 0 aromatic rings. The van der Waals surface area contributed by atoms with Gasteiger partial charge in [-0.1, -0.05) is 0 Å². The van der Waals surface area contributed by atoms with Crippen molar-refractivity contribution in [1.29, 1.82) is 0 Å². The summed E-state index contributed by atoms with van der Waals surface area (Å²) in [5.74, 6) is -3.56. The lowest BCUT2D eigenvalue weighted by molar-refractivity contribution is -0.140. The summed E-state index contributed by atoms with van der Waals surface area (Å²) in [6.07, 6.45) is 0. The standard InChI is InChI=1S/C15H30N4O12P2/c20-12(21)9-16-1-3-17(10-13(22)23)5-7-19(15(32(26,27)28)33(29,30)31)8-6-18(4-2-16)11-14(24)25/h15H,1-11H2,(H,20,21)(H,22,23)(H,24,25)(H2,26,27,28)(H2,29,30,31). The van der Waals surface area contributed by atoms with E-state index in [4.69, 9.17) is 15.3 Å². The maximum absolute atomic E-state index is 11.9. The minimum atomic E-state index is -5.34. The average Bonchev–Trinajstić information content (AvgIpc) is 2.60. The number of hydrogen-bond acceptors (Lipinski definition) is 9. The monoisotopic (exact) mass is 520 g/mol. The van der Waals surface area contributed by atoms with Crippen LogP contribution in [0.5, 0.6) is 0 Å². The van der Waals surface area contributed by atoms with E-state index in [2.05, 4.69) is 0 Å². The van der Waals surface area contributed by atoms with Gasteiger partial charge in [0.25, 0.3) is 0 Å². The highest BCUT2D eigenvalue weighted by atomic mass is 31.2. The lowest BCUT2D eigenvalue weighted by Crippen LogP contribution is -2.50.